The molecule has 0 unspecified atom stereocenters. The van der Waals surface area contributed by atoms with E-state index >= 15 is 4.39 Å². The summed E-state index contributed by atoms with van der Waals surface area (Å²) in [6, 6.07) is 13.0. The van der Waals surface area contributed by atoms with Gasteiger partial charge in [-0.25, -0.2) is 23.1 Å². The van der Waals surface area contributed by atoms with Gasteiger partial charge in [-0.2, -0.15) is 5.26 Å². The number of benzene rings is 3. The summed E-state index contributed by atoms with van der Waals surface area (Å²) in [4.78, 5) is 8.83. The second kappa shape index (κ2) is 13.7. The number of fused-ring (bicyclic) bond motifs is 1. The smallest absolute Gasteiger partial charge is 0.155 e. The maximum absolute atomic E-state index is 15.2. The molecule has 39 heavy (non-hydrogen) atoms. The zero-order valence-corrected chi connectivity index (χ0v) is 22.2. The van der Waals surface area contributed by atoms with E-state index in [9.17, 15) is 8.78 Å². The van der Waals surface area contributed by atoms with Gasteiger partial charge in [-0.1, -0.05) is 62.9 Å². The first kappa shape index (κ1) is 28.1. The highest BCUT2D eigenvalue weighted by molar-refractivity contribution is 5.84. The summed E-state index contributed by atoms with van der Waals surface area (Å²) >= 11 is 0. The van der Waals surface area contributed by atoms with Crippen LogP contribution in [0, 0.1) is 28.8 Å². The lowest BCUT2D eigenvalue weighted by Crippen LogP contribution is -2.02. The van der Waals surface area contributed by atoms with Crippen molar-refractivity contribution in [1.82, 2.24) is 9.97 Å². The standard InChI is InChI=1S/C32H32F3N3O/c1-2-3-4-5-6-15-39-26-20-37-31(38-21-26)14-9-22-8-13-27-25(16-22)12-11-24(32(27)35)10-7-23-17-29(33)28(19-36)30(34)18-23/h8,11-13,16-18,20-21H,2-7,9-10,14-15H2,1H3. The van der Waals surface area contributed by atoms with Crippen molar-refractivity contribution in [3.63, 3.8) is 0 Å². The molecule has 0 saturated carbocycles. The van der Waals surface area contributed by atoms with Crippen LogP contribution in [0.15, 0.2) is 54.9 Å². The molecule has 202 valence electrons. The van der Waals surface area contributed by atoms with Crippen LogP contribution in [0.5, 0.6) is 5.75 Å². The molecule has 0 spiro atoms. The average Bonchev–Trinajstić information content (AvgIpc) is 2.94. The molecule has 0 radical (unpaired) electrons. The lowest BCUT2D eigenvalue weighted by atomic mass is 9.97. The highest BCUT2D eigenvalue weighted by Crippen LogP contribution is 2.25. The molecule has 4 nitrogen and oxygen atoms in total. The fourth-order valence-corrected chi connectivity index (χ4v) is 4.59. The number of unbranched alkanes of at least 4 members (excludes halogenated alkanes) is 4. The summed E-state index contributed by atoms with van der Waals surface area (Å²) in [6.45, 7) is 2.87. The lowest BCUT2D eigenvalue weighted by Gasteiger charge is -2.10. The summed E-state index contributed by atoms with van der Waals surface area (Å²) in [5, 5.41) is 10.1. The molecule has 0 fully saturated rings. The van der Waals surface area contributed by atoms with E-state index in [2.05, 4.69) is 16.9 Å². The van der Waals surface area contributed by atoms with E-state index < -0.39 is 17.2 Å². The van der Waals surface area contributed by atoms with Crippen LogP contribution in [0.25, 0.3) is 10.8 Å². The number of nitrogens with zero attached hydrogens (tertiary/aromatic N) is 3. The van der Waals surface area contributed by atoms with E-state index in [4.69, 9.17) is 10.00 Å². The Morgan fingerprint density at radius 2 is 1.51 bits per heavy atom. The van der Waals surface area contributed by atoms with Crippen LogP contribution >= 0.6 is 0 Å². The maximum Gasteiger partial charge on any atom is 0.155 e. The Morgan fingerprint density at radius 3 is 2.23 bits per heavy atom. The third kappa shape index (κ3) is 7.57. The van der Waals surface area contributed by atoms with E-state index in [1.807, 2.05) is 18.2 Å². The van der Waals surface area contributed by atoms with Crippen molar-refractivity contribution in [2.24, 2.45) is 0 Å². The van der Waals surface area contributed by atoms with Crippen molar-refractivity contribution in [1.29, 1.82) is 5.26 Å². The molecule has 0 bridgehead atoms. The van der Waals surface area contributed by atoms with E-state index in [1.54, 1.807) is 24.5 Å². The van der Waals surface area contributed by atoms with Crippen molar-refractivity contribution < 1.29 is 17.9 Å². The molecule has 7 heteroatoms. The number of aryl methyl sites for hydroxylation is 4. The van der Waals surface area contributed by atoms with Gasteiger partial charge in [0.15, 0.2) is 5.75 Å². The molecule has 1 aromatic heterocycles. The molecule has 0 N–H and O–H groups in total. The minimum Gasteiger partial charge on any atom is -0.490 e. The number of ether oxygens (including phenoxy) is 1. The molecular formula is C32H32F3N3O. The Balaban J connectivity index is 1.32. The van der Waals surface area contributed by atoms with Crippen LogP contribution in [0.2, 0.25) is 0 Å². The summed E-state index contributed by atoms with van der Waals surface area (Å²) < 4.78 is 48.7. The summed E-state index contributed by atoms with van der Waals surface area (Å²) in [5.74, 6) is -0.732. The van der Waals surface area contributed by atoms with Crippen LogP contribution in [-0.4, -0.2) is 16.6 Å². The molecule has 0 amide bonds. The van der Waals surface area contributed by atoms with E-state index in [-0.39, 0.29) is 18.7 Å². The fraction of sp³-hybridized carbons (Fsp3) is 0.344. The maximum atomic E-state index is 15.2. The highest BCUT2D eigenvalue weighted by atomic mass is 19.1. The number of hydrogen-bond acceptors (Lipinski definition) is 4. The molecule has 0 aliphatic heterocycles. The first-order chi connectivity index (χ1) is 19.0. The minimum atomic E-state index is -0.901. The highest BCUT2D eigenvalue weighted by Gasteiger charge is 2.13. The molecular weight excluding hydrogens is 499 g/mol. The number of hydrogen-bond donors (Lipinski definition) is 0. The van der Waals surface area contributed by atoms with Crippen molar-refractivity contribution in [2.75, 3.05) is 6.61 Å². The normalized spacial score (nSPS) is 11.1. The second-order valence-electron chi connectivity index (χ2n) is 9.74. The Kier molecular flexibility index (Phi) is 9.91. The van der Waals surface area contributed by atoms with Gasteiger partial charge in [0.25, 0.3) is 0 Å². The van der Waals surface area contributed by atoms with Crippen molar-refractivity contribution in [3.05, 3.63) is 100 Å². The summed E-state index contributed by atoms with van der Waals surface area (Å²) in [6.07, 6.45) is 11.3. The third-order valence-corrected chi connectivity index (χ3v) is 6.83. The van der Waals surface area contributed by atoms with Crippen molar-refractivity contribution >= 4 is 10.8 Å². The Bertz CT molecular complexity index is 1430. The van der Waals surface area contributed by atoms with Crippen molar-refractivity contribution in [3.8, 4) is 11.8 Å². The Hall–Kier alpha value is -3.92. The first-order valence-electron chi connectivity index (χ1n) is 13.5. The van der Waals surface area contributed by atoms with Gasteiger partial charge in [0, 0.05) is 11.8 Å². The van der Waals surface area contributed by atoms with Crippen LogP contribution in [0.3, 0.4) is 0 Å². The number of rotatable bonds is 13. The second-order valence-corrected chi connectivity index (χ2v) is 9.74. The van der Waals surface area contributed by atoms with Gasteiger partial charge < -0.3 is 4.74 Å². The van der Waals surface area contributed by atoms with Crippen molar-refractivity contribution in [2.45, 2.75) is 64.7 Å². The van der Waals surface area contributed by atoms with Gasteiger partial charge in [-0.05, 0) is 59.9 Å². The molecule has 3 aromatic carbocycles. The molecule has 0 aliphatic rings. The number of aromatic nitrogens is 2. The number of halogens is 3. The molecule has 4 rings (SSSR count). The first-order valence-corrected chi connectivity index (χ1v) is 13.5. The predicted octanol–water partition coefficient (Wildman–Crippen LogP) is 7.84. The monoisotopic (exact) mass is 531 g/mol. The third-order valence-electron chi connectivity index (χ3n) is 6.83. The van der Waals surface area contributed by atoms with Gasteiger partial charge in [0.1, 0.15) is 34.9 Å². The zero-order valence-electron chi connectivity index (χ0n) is 22.2. The zero-order chi connectivity index (χ0) is 27.6. The molecule has 0 atom stereocenters. The molecule has 4 aromatic rings. The quantitative estimate of drug-likeness (QED) is 0.165. The van der Waals surface area contributed by atoms with E-state index in [0.717, 1.165) is 35.3 Å². The number of nitriles is 1. The van der Waals surface area contributed by atoms with Crippen LogP contribution in [-0.2, 0) is 25.7 Å². The summed E-state index contributed by atoms with van der Waals surface area (Å²) in [5.41, 5.74) is 1.29. The average molecular weight is 532 g/mol. The Labute approximate surface area is 227 Å². The summed E-state index contributed by atoms with van der Waals surface area (Å²) in [7, 11) is 0. The predicted molar refractivity (Wildman–Crippen MR) is 146 cm³/mol. The van der Waals surface area contributed by atoms with Crippen LogP contribution < -0.4 is 4.74 Å². The van der Waals surface area contributed by atoms with Gasteiger partial charge in [0.05, 0.1) is 19.0 Å². The van der Waals surface area contributed by atoms with Crippen LogP contribution in [0.1, 0.15) is 67.1 Å². The minimum absolute atomic E-state index is 0.253. The molecule has 1 heterocycles. The van der Waals surface area contributed by atoms with Gasteiger partial charge >= 0.3 is 0 Å². The fourth-order valence-electron chi connectivity index (χ4n) is 4.59. The topological polar surface area (TPSA) is 58.8 Å². The lowest BCUT2D eigenvalue weighted by molar-refractivity contribution is 0.302. The Morgan fingerprint density at radius 1 is 0.795 bits per heavy atom. The van der Waals surface area contributed by atoms with Gasteiger partial charge in [-0.15, -0.1) is 0 Å². The van der Waals surface area contributed by atoms with E-state index in [1.165, 1.54) is 31.8 Å². The van der Waals surface area contributed by atoms with Gasteiger partial charge in [0.2, 0.25) is 0 Å². The molecule has 0 aliphatic carbocycles. The van der Waals surface area contributed by atoms with Gasteiger partial charge in [-0.3, -0.25) is 0 Å². The largest absolute Gasteiger partial charge is 0.490 e. The molecule has 0 saturated heterocycles. The van der Waals surface area contributed by atoms with Crippen LogP contribution in [0.4, 0.5) is 13.2 Å². The van der Waals surface area contributed by atoms with E-state index in [0.29, 0.717) is 41.7 Å². The SMILES string of the molecule is CCCCCCCOc1cnc(CCc2ccc3c(F)c(CCc4cc(F)c(C#N)c(F)c4)ccc3c2)nc1.